The van der Waals surface area contributed by atoms with Gasteiger partial charge < -0.3 is 9.64 Å². The van der Waals surface area contributed by atoms with Crippen LogP contribution in [0.3, 0.4) is 0 Å². The van der Waals surface area contributed by atoms with Crippen LogP contribution in [0.5, 0.6) is 5.88 Å². The van der Waals surface area contributed by atoms with E-state index in [2.05, 4.69) is 58.0 Å². The fourth-order valence-corrected chi connectivity index (χ4v) is 4.41. The molecule has 3 atom stereocenters. The van der Waals surface area contributed by atoms with Crippen molar-refractivity contribution in [1.82, 2.24) is 14.9 Å². The molecule has 0 unspecified atom stereocenters. The van der Waals surface area contributed by atoms with Crippen molar-refractivity contribution in [3.8, 4) is 5.88 Å². The highest BCUT2D eigenvalue weighted by Gasteiger charge is 2.47. The van der Waals surface area contributed by atoms with E-state index in [1.54, 1.807) is 19.4 Å². The molecule has 2 aromatic rings. The first-order valence-corrected chi connectivity index (χ1v) is 8.55. The molecule has 0 radical (unpaired) electrons. The Morgan fingerprint density at radius 1 is 1.08 bits per heavy atom. The lowest BCUT2D eigenvalue weighted by Gasteiger charge is -2.28. The summed E-state index contributed by atoms with van der Waals surface area (Å²) in [5.41, 5.74) is 2.84. The van der Waals surface area contributed by atoms with Crippen molar-refractivity contribution in [3.63, 3.8) is 0 Å². The van der Waals surface area contributed by atoms with Gasteiger partial charge in [-0.15, -0.1) is 24.8 Å². The second-order valence-electron chi connectivity index (χ2n) is 6.97. The van der Waals surface area contributed by atoms with E-state index in [4.69, 9.17) is 4.74 Å². The molecule has 1 aromatic carbocycles. The standard InChI is InChI=1S/C19H24N4O.2ClH/c1-13-6-4-5-7-15(13)18-16-12-23(11-14(16)10-22(18)2)19-20-9-8-17(21-19)24-3;;/h4-9,14,16,18H,10-12H2,1-3H3;2*1H/t14-,16+,18+;;/m0../s1. The summed E-state index contributed by atoms with van der Waals surface area (Å²) in [5.74, 6) is 2.69. The van der Waals surface area contributed by atoms with Gasteiger partial charge in [0.05, 0.1) is 7.11 Å². The number of rotatable bonds is 3. The average Bonchev–Trinajstić information content (AvgIpc) is 3.12. The summed E-state index contributed by atoms with van der Waals surface area (Å²) in [4.78, 5) is 13.8. The lowest BCUT2D eigenvalue weighted by atomic mass is 9.88. The summed E-state index contributed by atoms with van der Waals surface area (Å²) >= 11 is 0. The van der Waals surface area contributed by atoms with Crippen LogP contribution in [0.2, 0.25) is 0 Å². The van der Waals surface area contributed by atoms with Crippen molar-refractivity contribution >= 4 is 30.8 Å². The highest BCUT2D eigenvalue weighted by atomic mass is 35.5. The summed E-state index contributed by atoms with van der Waals surface area (Å²) in [7, 11) is 3.90. The number of hydrogen-bond acceptors (Lipinski definition) is 5. The second kappa shape index (κ2) is 8.42. The molecule has 0 aliphatic carbocycles. The summed E-state index contributed by atoms with van der Waals surface area (Å²) in [5, 5.41) is 0. The van der Waals surface area contributed by atoms with Gasteiger partial charge in [0.25, 0.3) is 0 Å². The molecule has 0 spiro atoms. The Morgan fingerprint density at radius 2 is 1.85 bits per heavy atom. The van der Waals surface area contributed by atoms with Gasteiger partial charge in [0.1, 0.15) is 0 Å². The molecule has 2 saturated heterocycles. The third kappa shape index (κ3) is 3.61. The molecule has 2 aliphatic rings. The number of benzene rings is 1. The van der Waals surface area contributed by atoms with Crippen LogP contribution in [0.1, 0.15) is 17.2 Å². The van der Waals surface area contributed by atoms with Gasteiger partial charge in [-0.25, -0.2) is 4.98 Å². The summed E-state index contributed by atoms with van der Waals surface area (Å²) in [6, 6.07) is 11.0. The highest BCUT2D eigenvalue weighted by molar-refractivity contribution is 5.85. The van der Waals surface area contributed by atoms with Crippen molar-refractivity contribution in [2.45, 2.75) is 13.0 Å². The molecule has 4 rings (SSSR count). The molecule has 2 aliphatic heterocycles. The number of aryl methyl sites for hydroxylation is 1. The molecular formula is C19H26Cl2N4O. The van der Waals surface area contributed by atoms with E-state index >= 15 is 0 Å². The van der Waals surface area contributed by atoms with Gasteiger partial charge >= 0.3 is 0 Å². The largest absolute Gasteiger partial charge is 0.481 e. The predicted molar refractivity (Wildman–Crippen MR) is 109 cm³/mol. The quantitative estimate of drug-likeness (QED) is 0.795. The number of fused-ring (bicyclic) bond motifs is 1. The van der Waals surface area contributed by atoms with Crippen molar-refractivity contribution in [1.29, 1.82) is 0 Å². The van der Waals surface area contributed by atoms with E-state index in [-0.39, 0.29) is 24.8 Å². The van der Waals surface area contributed by atoms with Gasteiger partial charge in [-0.3, -0.25) is 4.90 Å². The molecule has 7 heteroatoms. The molecule has 0 saturated carbocycles. The SMILES string of the molecule is COc1ccnc(N2C[C@@H]3CN(C)[C@H](c4ccccc4C)[C@@H]3C2)n1.Cl.Cl. The van der Waals surface area contributed by atoms with Crippen molar-refractivity contribution in [2.75, 3.05) is 38.7 Å². The number of aromatic nitrogens is 2. The average molecular weight is 397 g/mol. The number of halogens is 2. The second-order valence-corrected chi connectivity index (χ2v) is 6.97. The normalized spacial score (nSPS) is 24.6. The van der Waals surface area contributed by atoms with Gasteiger partial charge in [0.15, 0.2) is 0 Å². The molecular weight excluding hydrogens is 371 g/mol. The molecule has 0 amide bonds. The molecule has 3 heterocycles. The minimum atomic E-state index is 0. The zero-order chi connectivity index (χ0) is 16.7. The third-order valence-electron chi connectivity index (χ3n) is 5.51. The predicted octanol–water partition coefficient (Wildman–Crippen LogP) is 3.38. The number of hydrogen-bond donors (Lipinski definition) is 0. The number of ether oxygens (including phenoxy) is 1. The molecule has 5 nitrogen and oxygen atoms in total. The molecule has 2 fully saturated rings. The first-order chi connectivity index (χ1) is 11.7. The van der Waals surface area contributed by atoms with Crippen molar-refractivity contribution in [3.05, 3.63) is 47.7 Å². The van der Waals surface area contributed by atoms with E-state index in [1.807, 2.05) is 0 Å². The number of likely N-dealkylation sites (tertiary alicyclic amines) is 1. The summed E-state index contributed by atoms with van der Waals surface area (Å²) in [6.07, 6.45) is 1.78. The topological polar surface area (TPSA) is 41.5 Å². The first-order valence-electron chi connectivity index (χ1n) is 8.55. The van der Waals surface area contributed by atoms with E-state index in [0.717, 1.165) is 25.6 Å². The van der Waals surface area contributed by atoms with Gasteiger partial charge in [-0.2, -0.15) is 4.98 Å². The Bertz CT molecular complexity index is 745. The smallest absolute Gasteiger partial charge is 0.228 e. The zero-order valence-corrected chi connectivity index (χ0v) is 17.0. The highest BCUT2D eigenvalue weighted by Crippen LogP contribution is 2.45. The van der Waals surface area contributed by atoms with Gasteiger partial charge in [-0.05, 0) is 31.0 Å². The first kappa shape index (κ1) is 20.7. The Balaban J connectivity index is 0.00000121. The van der Waals surface area contributed by atoms with Crippen LogP contribution >= 0.6 is 24.8 Å². The molecule has 0 bridgehead atoms. The number of nitrogens with zero attached hydrogens (tertiary/aromatic N) is 4. The van der Waals surface area contributed by atoms with Crippen LogP contribution in [-0.4, -0.2) is 48.7 Å². The Hall–Kier alpha value is -1.56. The van der Waals surface area contributed by atoms with E-state index in [0.29, 0.717) is 23.8 Å². The number of anilines is 1. The minimum absolute atomic E-state index is 0. The van der Waals surface area contributed by atoms with Crippen LogP contribution in [-0.2, 0) is 0 Å². The number of methoxy groups -OCH3 is 1. The summed E-state index contributed by atoms with van der Waals surface area (Å²) < 4.78 is 5.25. The third-order valence-corrected chi connectivity index (χ3v) is 5.51. The van der Waals surface area contributed by atoms with E-state index in [9.17, 15) is 0 Å². The maximum atomic E-state index is 5.25. The molecule has 26 heavy (non-hydrogen) atoms. The van der Waals surface area contributed by atoms with Gasteiger partial charge in [-0.1, -0.05) is 24.3 Å². The molecule has 0 N–H and O–H groups in total. The monoisotopic (exact) mass is 396 g/mol. The maximum absolute atomic E-state index is 5.25. The van der Waals surface area contributed by atoms with Gasteiger partial charge in [0, 0.05) is 43.9 Å². The molecule has 1 aromatic heterocycles. The van der Waals surface area contributed by atoms with Crippen LogP contribution in [0.25, 0.3) is 0 Å². The van der Waals surface area contributed by atoms with Crippen molar-refractivity contribution in [2.24, 2.45) is 11.8 Å². The van der Waals surface area contributed by atoms with Crippen LogP contribution < -0.4 is 9.64 Å². The zero-order valence-electron chi connectivity index (χ0n) is 15.3. The van der Waals surface area contributed by atoms with Crippen molar-refractivity contribution < 1.29 is 4.74 Å². The Labute approximate surface area is 167 Å². The maximum Gasteiger partial charge on any atom is 0.228 e. The fourth-order valence-electron chi connectivity index (χ4n) is 4.41. The van der Waals surface area contributed by atoms with Crippen LogP contribution in [0.15, 0.2) is 36.5 Å². The Morgan fingerprint density at radius 3 is 2.58 bits per heavy atom. The van der Waals surface area contributed by atoms with E-state index < -0.39 is 0 Å². The summed E-state index contributed by atoms with van der Waals surface area (Å²) in [6.45, 7) is 5.37. The molecule has 142 valence electrons. The fraction of sp³-hybridized carbons (Fsp3) is 0.474. The minimum Gasteiger partial charge on any atom is -0.481 e. The van der Waals surface area contributed by atoms with Crippen LogP contribution in [0, 0.1) is 18.8 Å². The Kier molecular flexibility index (Phi) is 6.72. The van der Waals surface area contributed by atoms with Gasteiger partial charge in [0.2, 0.25) is 11.8 Å². The van der Waals surface area contributed by atoms with Crippen LogP contribution in [0.4, 0.5) is 5.95 Å². The van der Waals surface area contributed by atoms with E-state index in [1.165, 1.54) is 11.1 Å². The lowest BCUT2D eigenvalue weighted by Crippen LogP contribution is -2.30. The lowest BCUT2D eigenvalue weighted by molar-refractivity contribution is 0.278.